The SMILES string of the molecule is O=C(OCc1ccccc1)N1CCC2(CC1)CNc1c(F)cccc12. The first kappa shape index (κ1) is 15.9. The minimum Gasteiger partial charge on any atom is -0.445 e. The molecule has 0 bridgehead atoms. The monoisotopic (exact) mass is 340 g/mol. The van der Waals surface area contributed by atoms with Crippen LogP contribution in [0, 0.1) is 5.82 Å². The van der Waals surface area contributed by atoms with Crippen LogP contribution in [0.5, 0.6) is 0 Å². The van der Waals surface area contributed by atoms with E-state index in [4.69, 9.17) is 4.74 Å². The molecule has 130 valence electrons. The average Bonchev–Trinajstić information content (AvgIpc) is 3.01. The molecule has 2 aromatic rings. The number of nitrogens with zero attached hydrogens (tertiary/aromatic N) is 1. The lowest BCUT2D eigenvalue weighted by atomic mass is 9.74. The summed E-state index contributed by atoms with van der Waals surface area (Å²) in [6.45, 7) is 2.28. The maximum absolute atomic E-state index is 13.9. The number of piperidine rings is 1. The molecule has 0 saturated carbocycles. The predicted octanol–water partition coefficient (Wildman–Crippen LogP) is 3.92. The minimum atomic E-state index is -0.274. The molecule has 2 aliphatic heterocycles. The topological polar surface area (TPSA) is 41.6 Å². The molecule has 0 aromatic heterocycles. The van der Waals surface area contributed by atoms with E-state index in [-0.39, 0.29) is 23.9 Å². The molecule has 1 amide bonds. The number of fused-ring (bicyclic) bond motifs is 2. The van der Waals surface area contributed by atoms with Gasteiger partial charge in [-0.15, -0.1) is 0 Å². The number of hydrogen-bond donors (Lipinski definition) is 1. The van der Waals surface area contributed by atoms with E-state index >= 15 is 0 Å². The summed E-state index contributed by atoms with van der Waals surface area (Å²) >= 11 is 0. The van der Waals surface area contributed by atoms with Crippen molar-refractivity contribution < 1.29 is 13.9 Å². The number of para-hydroxylation sites is 1. The maximum Gasteiger partial charge on any atom is 0.410 e. The van der Waals surface area contributed by atoms with E-state index in [0.717, 1.165) is 30.5 Å². The Balaban J connectivity index is 1.38. The van der Waals surface area contributed by atoms with Crippen molar-refractivity contribution in [3.05, 3.63) is 65.5 Å². The number of rotatable bonds is 2. The Hall–Kier alpha value is -2.56. The number of carbonyl (C=O) groups excluding carboxylic acids is 1. The number of benzene rings is 2. The maximum atomic E-state index is 13.9. The van der Waals surface area contributed by atoms with Crippen molar-refractivity contribution in [2.75, 3.05) is 25.0 Å². The smallest absolute Gasteiger partial charge is 0.410 e. The first-order valence-corrected chi connectivity index (χ1v) is 8.66. The Morgan fingerprint density at radius 1 is 1.12 bits per heavy atom. The molecule has 4 nitrogen and oxygen atoms in total. The zero-order valence-electron chi connectivity index (χ0n) is 14.0. The summed E-state index contributed by atoms with van der Waals surface area (Å²) < 4.78 is 19.4. The highest BCUT2D eigenvalue weighted by Gasteiger charge is 2.43. The van der Waals surface area contributed by atoms with Gasteiger partial charge in [-0.1, -0.05) is 42.5 Å². The first-order valence-electron chi connectivity index (χ1n) is 8.66. The Bertz CT molecular complexity index is 771. The van der Waals surface area contributed by atoms with Crippen molar-refractivity contribution in [2.45, 2.75) is 24.9 Å². The third-order valence-corrected chi connectivity index (χ3v) is 5.37. The average molecular weight is 340 g/mol. The van der Waals surface area contributed by atoms with Gasteiger partial charge in [-0.2, -0.15) is 0 Å². The molecule has 2 heterocycles. The fourth-order valence-electron chi connectivity index (χ4n) is 3.87. The van der Waals surface area contributed by atoms with Crippen molar-refractivity contribution in [1.82, 2.24) is 4.90 Å². The number of hydrogen-bond acceptors (Lipinski definition) is 3. The summed E-state index contributed by atoms with van der Waals surface area (Å²) in [6, 6.07) is 14.9. The fourth-order valence-corrected chi connectivity index (χ4v) is 3.87. The van der Waals surface area contributed by atoms with Crippen LogP contribution in [0.15, 0.2) is 48.5 Å². The summed E-state index contributed by atoms with van der Waals surface area (Å²) in [6.07, 6.45) is 1.36. The van der Waals surface area contributed by atoms with Crippen LogP contribution in [0.25, 0.3) is 0 Å². The summed E-state index contributed by atoms with van der Waals surface area (Å²) in [5, 5.41) is 3.21. The van der Waals surface area contributed by atoms with Crippen molar-refractivity contribution in [2.24, 2.45) is 0 Å². The molecular formula is C20H21FN2O2. The quantitative estimate of drug-likeness (QED) is 0.901. The number of amides is 1. The number of anilines is 1. The standard InChI is InChI=1S/C20H21FN2O2/c21-17-8-4-7-16-18(17)22-14-20(16)9-11-23(12-10-20)19(24)25-13-15-5-2-1-3-6-15/h1-8,22H,9-14H2. The van der Waals surface area contributed by atoms with Crippen LogP contribution in [-0.2, 0) is 16.8 Å². The third-order valence-electron chi connectivity index (χ3n) is 5.37. The van der Waals surface area contributed by atoms with Crippen molar-refractivity contribution in [3.8, 4) is 0 Å². The van der Waals surface area contributed by atoms with Crippen LogP contribution in [0.4, 0.5) is 14.9 Å². The highest BCUT2D eigenvalue weighted by molar-refractivity contribution is 5.68. The highest BCUT2D eigenvalue weighted by Crippen LogP contribution is 2.44. The molecule has 25 heavy (non-hydrogen) atoms. The van der Waals surface area contributed by atoms with Crippen LogP contribution in [0.2, 0.25) is 0 Å². The van der Waals surface area contributed by atoms with Crippen LogP contribution >= 0.6 is 0 Å². The summed E-state index contributed by atoms with van der Waals surface area (Å²) in [4.78, 5) is 14.1. The number of ether oxygens (including phenoxy) is 1. The van der Waals surface area contributed by atoms with Gasteiger partial charge in [0.05, 0.1) is 5.69 Å². The third kappa shape index (κ3) is 2.95. The lowest BCUT2D eigenvalue weighted by molar-refractivity contribution is 0.0794. The normalized spacial score (nSPS) is 17.9. The van der Waals surface area contributed by atoms with Gasteiger partial charge >= 0.3 is 6.09 Å². The summed E-state index contributed by atoms with van der Waals surface area (Å²) in [7, 11) is 0. The van der Waals surface area contributed by atoms with Gasteiger partial charge in [-0.3, -0.25) is 0 Å². The molecule has 4 rings (SSSR count). The Morgan fingerprint density at radius 2 is 1.88 bits per heavy atom. The first-order chi connectivity index (χ1) is 12.2. The van der Waals surface area contributed by atoms with E-state index < -0.39 is 0 Å². The highest BCUT2D eigenvalue weighted by atomic mass is 19.1. The van der Waals surface area contributed by atoms with Gasteiger partial charge < -0.3 is 15.0 Å². The molecule has 0 radical (unpaired) electrons. The number of halogens is 1. The summed E-state index contributed by atoms with van der Waals surface area (Å²) in [5.74, 6) is -0.195. The molecule has 1 spiro atoms. The number of carbonyl (C=O) groups is 1. The van der Waals surface area contributed by atoms with Gasteiger partial charge in [0, 0.05) is 25.0 Å². The van der Waals surface area contributed by atoms with E-state index in [1.165, 1.54) is 6.07 Å². The molecule has 0 atom stereocenters. The van der Waals surface area contributed by atoms with E-state index in [1.54, 1.807) is 11.0 Å². The van der Waals surface area contributed by atoms with Crippen LogP contribution in [0.1, 0.15) is 24.0 Å². The van der Waals surface area contributed by atoms with E-state index in [9.17, 15) is 9.18 Å². The van der Waals surface area contributed by atoms with Gasteiger partial charge in [-0.05, 0) is 30.0 Å². The van der Waals surface area contributed by atoms with Gasteiger partial charge in [0.25, 0.3) is 0 Å². The molecule has 0 aliphatic carbocycles. The van der Waals surface area contributed by atoms with E-state index in [2.05, 4.69) is 5.32 Å². The van der Waals surface area contributed by atoms with Crippen LogP contribution < -0.4 is 5.32 Å². The van der Waals surface area contributed by atoms with Crippen LogP contribution in [-0.4, -0.2) is 30.6 Å². The summed E-state index contributed by atoms with van der Waals surface area (Å²) in [5.41, 5.74) is 2.58. The van der Waals surface area contributed by atoms with E-state index in [0.29, 0.717) is 18.8 Å². The van der Waals surface area contributed by atoms with Crippen LogP contribution in [0.3, 0.4) is 0 Å². The van der Waals surface area contributed by atoms with Crippen molar-refractivity contribution in [3.63, 3.8) is 0 Å². The molecule has 2 aliphatic rings. The number of likely N-dealkylation sites (tertiary alicyclic amines) is 1. The molecule has 1 saturated heterocycles. The zero-order valence-corrected chi connectivity index (χ0v) is 14.0. The van der Waals surface area contributed by atoms with Crippen molar-refractivity contribution in [1.29, 1.82) is 0 Å². The Kier molecular flexibility index (Phi) is 4.07. The lowest BCUT2D eigenvalue weighted by Gasteiger charge is -2.38. The largest absolute Gasteiger partial charge is 0.445 e. The second-order valence-corrected chi connectivity index (χ2v) is 6.82. The van der Waals surface area contributed by atoms with Gasteiger partial charge in [0.2, 0.25) is 0 Å². The Labute approximate surface area is 146 Å². The zero-order chi connectivity index (χ0) is 17.3. The Morgan fingerprint density at radius 3 is 2.64 bits per heavy atom. The molecular weight excluding hydrogens is 319 g/mol. The van der Waals surface area contributed by atoms with Crippen molar-refractivity contribution >= 4 is 11.8 Å². The second-order valence-electron chi connectivity index (χ2n) is 6.82. The van der Waals surface area contributed by atoms with E-state index in [1.807, 2.05) is 36.4 Å². The fraction of sp³-hybridized carbons (Fsp3) is 0.350. The molecule has 0 unspecified atom stereocenters. The second kappa shape index (κ2) is 6.39. The van der Waals surface area contributed by atoms with Gasteiger partial charge in [0.15, 0.2) is 0 Å². The molecule has 1 N–H and O–H groups in total. The molecule has 5 heteroatoms. The molecule has 1 fully saturated rings. The molecule has 2 aromatic carbocycles. The van der Waals surface area contributed by atoms with Gasteiger partial charge in [0.1, 0.15) is 12.4 Å². The van der Waals surface area contributed by atoms with Gasteiger partial charge in [-0.25, -0.2) is 9.18 Å². The predicted molar refractivity (Wildman–Crippen MR) is 94.0 cm³/mol. The lowest BCUT2D eigenvalue weighted by Crippen LogP contribution is -2.46. The minimum absolute atomic E-state index is 0.0758. The number of nitrogens with one attached hydrogen (secondary N) is 1.